The minimum atomic E-state index is -3.86. The van der Waals surface area contributed by atoms with Gasteiger partial charge in [0.1, 0.15) is 0 Å². The van der Waals surface area contributed by atoms with Gasteiger partial charge in [0.2, 0.25) is 9.05 Å². The lowest BCUT2D eigenvalue weighted by Crippen LogP contribution is -2.01. The standard InChI is InChI=1S/C8H7ClF2O2S/c1-5-2-3-6(4-14(9,12)13)8(11)7(5)10/h2-3H,4H2,1H3. The van der Waals surface area contributed by atoms with Crippen LogP contribution in [0.3, 0.4) is 0 Å². The monoisotopic (exact) mass is 240 g/mol. The molecule has 0 aromatic heterocycles. The highest BCUT2D eigenvalue weighted by molar-refractivity contribution is 8.13. The Balaban J connectivity index is 3.19. The second-order valence-electron chi connectivity index (χ2n) is 2.85. The lowest BCUT2D eigenvalue weighted by Gasteiger charge is -2.03. The van der Waals surface area contributed by atoms with Gasteiger partial charge in [-0.05, 0) is 12.5 Å². The molecule has 0 aliphatic carbocycles. The molecular formula is C8H7ClF2O2S. The van der Waals surface area contributed by atoms with E-state index in [1.54, 1.807) is 0 Å². The molecule has 2 nitrogen and oxygen atoms in total. The molecule has 0 bridgehead atoms. The van der Waals surface area contributed by atoms with E-state index >= 15 is 0 Å². The molecule has 0 saturated heterocycles. The molecule has 6 heteroatoms. The van der Waals surface area contributed by atoms with Gasteiger partial charge < -0.3 is 0 Å². The van der Waals surface area contributed by atoms with Crippen molar-refractivity contribution >= 4 is 19.7 Å². The molecule has 0 amide bonds. The maximum Gasteiger partial charge on any atom is 0.236 e. The van der Waals surface area contributed by atoms with E-state index in [1.165, 1.54) is 19.1 Å². The second-order valence-corrected chi connectivity index (χ2v) is 5.63. The van der Waals surface area contributed by atoms with Gasteiger partial charge in [-0.15, -0.1) is 0 Å². The molecule has 0 aliphatic rings. The molecule has 0 saturated carbocycles. The first kappa shape index (κ1) is 11.4. The normalized spacial score (nSPS) is 11.7. The molecule has 78 valence electrons. The summed E-state index contributed by atoms with van der Waals surface area (Å²) in [5, 5.41) is 0. The number of hydrogen-bond donors (Lipinski definition) is 0. The zero-order valence-corrected chi connectivity index (χ0v) is 8.79. The molecule has 1 aromatic carbocycles. The third kappa shape index (κ3) is 2.65. The van der Waals surface area contributed by atoms with Crippen molar-refractivity contribution in [3.8, 4) is 0 Å². The summed E-state index contributed by atoms with van der Waals surface area (Å²) >= 11 is 0. The summed E-state index contributed by atoms with van der Waals surface area (Å²) in [6, 6.07) is 2.50. The summed E-state index contributed by atoms with van der Waals surface area (Å²) in [7, 11) is 1.05. The van der Waals surface area contributed by atoms with Gasteiger partial charge in [-0.3, -0.25) is 0 Å². The van der Waals surface area contributed by atoms with Crippen LogP contribution in [-0.2, 0) is 14.8 Å². The summed E-state index contributed by atoms with van der Waals surface area (Å²) in [5.74, 6) is -2.91. The first-order valence-corrected chi connectivity index (χ1v) is 6.15. The minimum absolute atomic E-state index is 0.123. The van der Waals surface area contributed by atoms with E-state index in [4.69, 9.17) is 10.7 Å². The maximum absolute atomic E-state index is 13.1. The maximum atomic E-state index is 13.1. The van der Waals surface area contributed by atoms with Crippen molar-refractivity contribution in [2.75, 3.05) is 0 Å². The van der Waals surface area contributed by atoms with Crippen LogP contribution < -0.4 is 0 Å². The fourth-order valence-electron chi connectivity index (χ4n) is 0.983. The quantitative estimate of drug-likeness (QED) is 0.744. The molecule has 1 aromatic rings. The molecule has 1 rings (SSSR count). The topological polar surface area (TPSA) is 34.1 Å². The van der Waals surface area contributed by atoms with E-state index < -0.39 is 26.4 Å². The van der Waals surface area contributed by atoms with E-state index in [-0.39, 0.29) is 11.1 Å². The molecule has 0 fully saturated rings. The van der Waals surface area contributed by atoms with E-state index in [2.05, 4.69) is 0 Å². The van der Waals surface area contributed by atoms with Crippen LogP contribution in [0.25, 0.3) is 0 Å². The van der Waals surface area contributed by atoms with E-state index in [9.17, 15) is 17.2 Å². The third-order valence-corrected chi connectivity index (χ3v) is 2.67. The van der Waals surface area contributed by atoms with Crippen molar-refractivity contribution in [1.29, 1.82) is 0 Å². The zero-order valence-electron chi connectivity index (χ0n) is 7.22. The Kier molecular flexibility index (Phi) is 3.11. The number of halogens is 3. The van der Waals surface area contributed by atoms with Crippen LogP contribution in [0.2, 0.25) is 0 Å². The lowest BCUT2D eigenvalue weighted by molar-refractivity contribution is 0.496. The van der Waals surface area contributed by atoms with Crippen LogP contribution in [0.1, 0.15) is 11.1 Å². The van der Waals surface area contributed by atoms with Gasteiger partial charge in [0.15, 0.2) is 11.6 Å². The summed E-state index contributed by atoms with van der Waals surface area (Å²) < 4.78 is 47.3. The smallest absolute Gasteiger partial charge is 0.212 e. The Hall–Kier alpha value is -0.680. The SMILES string of the molecule is Cc1ccc(CS(=O)(=O)Cl)c(F)c1F. The zero-order chi connectivity index (χ0) is 10.9. The van der Waals surface area contributed by atoms with Gasteiger partial charge in [0.25, 0.3) is 0 Å². The van der Waals surface area contributed by atoms with Gasteiger partial charge in [-0.1, -0.05) is 12.1 Å². The molecule has 0 unspecified atom stereocenters. The van der Waals surface area contributed by atoms with E-state index in [0.29, 0.717) is 0 Å². The van der Waals surface area contributed by atoms with Crippen LogP contribution in [0.15, 0.2) is 12.1 Å². The molecule has 0 heterocycles. The fraction of sp³-hybridized carbons (Fsp3) is 0.250. The third-order valence-electron chi connectivity index (χ3n) is 1.68. The summed E-state index contributed by atoms with van der Waals surface area (Å²) in [5.41, 5.74) is -0.138. The Bertz CT molecular complexity index is 457. The molecule has 0 radical (unpaired) electrons. The Morgan fingerprint density at radius 2 is 1.86 bits per heavy atom. The van der Waals surface area contributed by atoms with Gasteiger partial charge in [-0.2, -0.15) is 0 Å². The van der Waals surface area contributed by atoms with Crippen molar-refractivity contribution in [2.24, 2.45) is 0 Å². The first-order chi connectivity index (χ1) is 6.31. The molecule has 14 heavy (non-hydrogen) atoms. The molecule has 0 aliphatic heterocycles. The average Bonchev–Trinajstić information content (AvgIpc) is 2.04. The molecule has 0 spiro atoms. The van der Waals surface area contributed by atoms with Gasteiger partial charge >= 0.3 is 0 Å². The van der Waals surface area contributed by atoms with E-state index in [0.717, 1.165) is 0 Å². The lowest BCUT2D eigenvalue weighted by atomic mass is 10.1. The minimum Gasteiger partial charge on any atom is -0.212 e. The largest absolute Gasteiger partial charge is 0.236 e. The van der Waals surface area contributed by atoms with Crippen LogP contribution in [-0.4, -0.2) is 8.42 Å². The Labute approximate surface area is 84.9 Å². The van der Waals surface area contributed by atoms with Crippen molar-refractivity contribution in [3.05, 3.63) is 34.9 Å². The second kappa shape index (κ2) is 3.82. The van der Waals surface area contributed by atoms with Crippen LogP contribution >= 0.6 is 10.7 Å². The average molecular weight is 241 g/mol. The summed E-state index contributed by atoms with van der Waals surface area (Å²) in [4.78, 5) is 0. The fourth-order valence-corrected chi connectivity index (χ4v) is 1.93. The van der Waals surface area contributed by atoms with Gasteiger partial charge in [0.05, 0.1) is 5.75 Å². The van der Waals surface area contributed by atoms with Gasteiger partial charge in [0, 0.05) is 16.2 Å². The predicted molar refractivity (Wildman–Crippen MR) is 49.6 cm³/mol. The van der Waals surface area contributed by atoms with Crippen molar-refractivity contribution in [1.82, 2.24) is 0 Å². The van der Waals surface area contributed by atoms with E-state index in [1.807, 2.05) is 0 Å². The van der Waals surface area contributed by atoms with Gasteiger partial charge in [-0.25, -0.2) is 17.2 Å². The van der Waals surface area contributed by atoms with Crippen molar-refractivity contribution < 1.29 is 17.2 Å². The Morgan fingerprint density at radius 3 is 2.36 bits per heavy atom. The highest BCUT2D eigenvalue weighted by atomic mass is 35.7. The first-order valence-electron chi connectivity index (χ1n) is 3.67. The summed E-state index contributed by atoms with van der Waals surface area (Å²) in [6.45, 7) is 1.39. The molecule has 0 N–H and O–H groups in total. The van der Waals surface area contributed by atoms with Crippen molar-refractivity contribution in [3.63, 3.8) is 0 Å². The number of aryl methyl sites for hydroxylation is 1. The molecule has 0 atom stereocenters. The van der Waals surface area contributed by atoms with Crippen LogP contribution in [0.5, 0.6) is 0 Å². The predicted octanol–water partition coefficient (Wildman–Crippen LogP) is 2.34. The number of benzene rings is 1. The van der Waals surface area contributed by atoms with Crippen molar-refractivity contribution in [2.45, 2.75) is 12.7 Å². The highest BCUT2D eigenvalue weighted by Crippen LogP contribution is 2.18. The van der Waals surface area contributed by atoms with Crippen LogP contribution in [0.4, 0.5) is 8.78 Å². The molecular weight excluding hydrogens is 234 g/mol. The number of hydrogen-bond acceptors (Lipinski definition) is 2. The number of rotatable bonds is 2. The highest BCUT2D eigenvalue weighted by Gasteiger charge is 2.15. The summed E-state index contributed by atoms with van der Waals surface area (Å²) in [6.07, 6.45) is 0. The van der Waals surface area contributed by atoms with Crippen LogP contribution in [0, 0.1) is 18.6 Å². The Morgan fingerprint density at radius 1 is 1.29 bits per heavy atom.